The van der Waals surface area contributed by atoms with Crippen LogP contribution in [0.15, 0.2) is 60.9 Å². The van der Waals surface area contributed by atoms with Gasteiger partial charge in [0.1, 0.15) is 0 Å². The molecule has 2 heterocycles. The summed E-state index contributed by atoms with van der Waals surface area (Å²) in [4.78, 5) is 12.5. The van der Waals surface area contributed by atoms with Gasteiger partial charge in [0.25, 0.3) is 0 Å². The van der Waals surface area contributed by atoms with Crippen LogP contribution in [0.5, 0.6) is 0 Å². The van der Waals surface area contributed by atoms with Crippen LogP contribution in [0.4, 0.5) is 0 Å². The van der Waals surface area contributed by atoms with Gasteiger partial charge in [-0.1, -0.05) is 62.4 Å². The predicted molar refractivity (Wildman–Crippen MR) is 110 cm³/mol. The fourth-order valence-corrected chi connectivity index (χ4v) is 4.13. The molecule has 0 spiro atoms. The molecule has 0 radical (unpaired) electrons. The Kier molecular flexibility index (Phi) is 7.59. The van der Waals surface area contributed by atoms with Crippen molar-refractivity contribution in [2.45, 2.75) is 51.5 Å². The van der Waals surface area contributed by atoms with Crippen molar-refractivity contribution in [3.05, 3.63) is 72.2 Å². The average Bonchev–Trinajstić information content (AvgIpc) is 3.23. The summed E-state index contributed by atoms with van der Waals surface area (Å²) in [6.45, 7) is 0.330. The van der Waals surface area contributed by atoms with E-state index in [1.54, 1.807) is 0 Å². The van der Waals surface area contributed by atoms with Gasteiger partial charge in [-0.3, -0.25) is 9.89 Å². The van der Waals surface area contributed by atoms with Crippen molar-refractivity contribution < 1.29 is 21.8 Å². The van der Waals surface area contributed by atoms with E-state index in [9.17, 15) is 4.79 Å². The molecule has 1 aliphatic rings. The van der Waals surface area contributed by atoms with E-state index in [0.717, 1.165) is 29.2 Å². The normalized spacial score (nSPS) is 14.3. The number of nitrogens with one attached hydrogen (secondary N) is 1. The van der Waals surface area contributed by atoms with Crippen LogP contribution in [0, 0.1) is 5.92 Å². The number of hydrogen-bond donors (Lipinski definition) is 1. The molecule has 152 valence electrons. The number of aromatic nitrogens is 3. The second kappa shape index (κ2) is 10.4. The average molecular weight is 410 g/mol. The van der Waals surface area contributed by atoms with E-state index in [1.165, 1.54) is 44.2 Å². The third-order valence-electron chi connectivity index (χ3n) is 5.75. The molecule has 29 heavy (non-hydrogen) atoms. The molecular formula is C24H28ClN3O. The summed E-state index contributed by atoms with van der Waals surface area (Å²) in [7, 11) is 0. The minimum atomic E-state index is 0. The lowest BCUT2D eigenvalue weighted by atomic mass is 9.86. The highest BCUT2D eigenvalue weighted by atomic mass is 35.5. The Balaban J connectivity index is 0.00000240. The first-order valence-corrected chi connectivity index (χ1v) is 10.4. The molecule has 4 rings (SSSR count). The molecule has 1 N–H and O–H groups in total. The largest absolute Gasteiger partial charge is 1.00 e. The van der Waals surface area contributed by atoms with Crippen LogP contribution in [-0.2, 0) is 13.0 Å². The summed E-state index contributed by atoms with van der Waals surface area (Å²) in [6, 6.07) is 15.6. The Hall–Kier alpha value is -2.46. The fourth-order valence-electron chi connectivity index (χ4n) is 4.13. The number of aromatic amines is 1. The van der Waals surface area contributed by atoms with E-state index in [2.05, 4.69) is 16.3 Å². The number of pyridine rings is 1. The van der Waals surface area contributed by atoms with Crippen molar-refractivity contribution >= 4 is 5.78 Å². The molecular weight excluding hydrogens is 382 g/mol. The molecule has 0 saturated heterocycles. The number of carbonyl (C=O) groups is 1. The number of rotatable bonds is 7. The van der Waals surface area contributed by atoms with Gasteiger partial charge < -0.3 is 12.4 Å². The highest BCUT2D eigenvalue weighted by molar-refractivity contribution is 5.94. The van der Waals surface area contributed by atoms with E-state index in [-0.39, 0.29) is 18.2 Å². The zero-order chi connectivity index (χ0) is 19.2. The molecule has 0 aliphatic heterocycles. The first-order chi connectivity index (χ1) is 13.8. The van der Waals surface area contributed by atoms with Crippen LogP contribution in [0.1, 0.15) is 54.6 Å². The molecule has 0 unspecified atom stereocenters. The topological polar surface area (TPSA) is 49.6 Å². The standard InChI is InChI=1S/C24H28N3O.ClH/c28-24(20-10-5-2-6-11-20)18-27-15-7-12-21(17-27)23-16-22(25-26-23)14-13-19-8-3-1-4-9-19;/h2,5-7,10-12,15-17,19H,1,3-4,8-9,13-14,18H2,(H,25,26);1H/q+1;/p-1. The summed E-state index contributed by atoms with van der Waals surface area (Å²) in [5.41, 5.74) is 3.92. The van der Waals surface area contributed by atoms with Crippen molar-refractivity contribution in [2.24, 2.45) is 5.92 Å². The first-order valence-electron chi connectivity index (χ1n) is 10.4. The summed E-state index contributed by atoms with van der Waals surface area (Å²) < 4.78 is 1.93. The Morgan fingerprint density at radius 1 is 1.07 bits per heavy atom. The lowest BCUT2D eigenvalue weighted by Crippen LogP contribution is -3.00. The number of carbonyl (C=O) groups excluding carboxylic acids is 1. The van der Waals surface area contributed by atoms with E-state index in [4.69, 9.17) is 0 Å². The molecule has 3 aromatic rings. The highest BCUT2D eigenvalue weighted by Crippen LogP contribution is 2.27. The third-order valence-corrected chi connectivity index (χ3v) is 5.75. The molecule has 1 aliphatic carbocycles. The number of Topliss-reactive ketones (excluding diaryl/α,β-unsaturated/α-hetero) is 1. The predicted octanol–water partition coefficient (Wildman–Crippen LogP) is 1.76. The number of H-pyrrole nitrogens is 1. The van der Waals surface area contributed by atoms with E-state index in [0.29, 0.717) is 6.54 Å². The van der Waals surface area contributed by atoms with Gasteiger partial charge in [0.05, 0.1) is 11.3 Å². The first kappa shape index (κ1) is 21.3. The van der Waals surface area contributed by atoms with Crippen LogP contribution in [0.2, 0.25) is 0 Å². The summed E-state index contributed by atoms with van der Waals surface area (Å²) in [6.07, 6.45) is 13.2. The maximum absolute atomic E-state index is 12.5. The molecule has 1 aromatic carbocycles. The van der Waals surface area contributed by atoms with Crippen LogP contribution in [-0.4, -0.2) is 16.0 Å². The lowest BCUT2D eigenvalue weighted by Gasteiger charge is -2.20. The molecule has 2 aromatic heterocycles. The molecule has 0 amide bonds. The third kappa shape index (κ3) is 5.77. The van der Waals surface area contributed by atoms with E-state index in [1.807, 2.05) is 59.4 Å². The minimum Gasteiger partial charge on any atom is -1.00 e. The second-order valence-corrected chi connectivity index (χ2v) is 7.88. The Morgan fingerprint density at radius 3 is 2.66 bits per heavy atom. The summed E-state index contributed by atoms with van der Waals surface area (Å²) in [5.74, 6) is 0.987. The number of nitrogens with zero attached hydrogens (tertiary/aromatic N) is 2. The SMILES string of the molecule is O=C(C[n+]1cccc(-c2cc(CCC3CCCCC3)[nH]n2)c1)c1ccccc1.[Cl-]. The van der Waals surface area contributed by atoms with Gasteiger partial charge >= 0.3 is 0 Å². The Morgan fingerprint density at radius 2 is 1.86 bits per heavy atom. The van der Waals surface area contributed by atoms with Gasteiger partial charge in [0.15, 0.2) is 12.4 Å². The zero-order valence-electron chi connectivity index (χ0n) is 16.7. The Bertz CT molecular complexity index is 917. The molecule has 1 fully saturated rings. The quantitative estimate of drug-likeness (QED) is 0.477. The molecule has 5 heteroatoms. The van der Waals surface area contributed by atoms with Crippen LogP contribution < -0.4 is 17.0 Å². The molecule has 1 saturated carbocycles. The van der Waals surface area contributed by atoms with Gasteiger partial charge in [-0.15, -0.1) is 0 Å². The minimum absolute atomic E-state index is 0. The van der Waals surface area contributed by atoms with Crippen LogP contribution in [0.25, 0.3) is 11.3 Å². The van der Waals surface area contributed by atoms with E-state index < -0.39 is 0 Å². The lowest BCUT2D eigenvalue weighted by molar-refractivity contribution is -0.682. The van der Waals surface area contributed by atoms with E-state index >= 15 is 0 Å². The number of ketones is 1. The zero-order valence-corrected chi connectivity index (χ0v) is 17.4. The van der Waals surface area contributed by atoms with Crippen molar-refractivity contribution in [1.82, 2.24) is 10.2 Å². The van der Waals surface area contributed by atoms with Crippen LogP contribution in [0.3, 0.4) is 0 Å². The Labute approximate surface area is 178 Å². The molecule has 4 nitrogen and oxygen atoms in total. The van der Waals surface area contributed by atoms with Crippen molar-refractivity contribution in [3.8, 4) is 11.3 Å². The van der Waals surface area contributed by atoms with Gasteiger partial charge in [0.2, 0.25) is 12.3 Å². The van der Waals surface area contributed by atoms with Crippen LogP contribution >= 0.6 is 0 Å². The van der Waals surface area contributed by atoms with Crippen molar-refractivity contribution in [1.29, 1.82) is 0 Å². The number of aryl methyl sites for hydroxylation is 1. The fraction of sp³-hybridized carbons (Fsp3) is 0.375. The van der Waals surface area contributed by atoms with Gasteiger partial charge in [-0.25, -0.2) is 0 Å². The summed E-state index contributed by atoms with van der Waals surface area (Å²) >= 11 is 0. The van der Waals surface area contributed by atoms with Crippen molar-refractivity contribution in [2.75, 3.05) is 0 Å². The van der Waals surface area contributed by atoms with Gasteiger partial charge in [0, 0.05) is 17.3 Å². The molecule has 0 bridgehead atoms. The van der Waals surface area contributed by atoms with Gasteiger partial charge in [-0.05, 0) is 30.9 Å². The molecule has 0 atom stereocenters. The highest BCUT2D eigenvalue weighted by Gasteiger charge is 2.16. The number of hydrogen-bond acceptors (Lipinski definition) is 2. The maximum atomic E-state index is 12.5. The second-order valence-electron chi connectivity index (χ2n) is 7.88. The number of halogens is 1. The monoisotopic (exact) mass is 409 g/mol. The summed E-state index contributed by atoms with van der Waals surface area (Å²) in [5, 5.41) is 7.71. The maximum Gasteiger partial charge on any atom is 0.227 e. The number of benzene rings is 1. The smallest absolute Gasteiger partial charge is 0.227 e. The van der Waals surface area contributed by atoms with Gasteiger partial charge in [-0.2, -0.15) is 9.67 Å². The van der Waals surface area contributed by atoms with Crippen molar-refractivity contribution in [3.63, 3.8) is 0 Å².